The maximum absolute atomic E-state index is 2.70. The summed E-state index contributed by atoms with van der Waals surface area (Å²) in [6, 6.07) is 5.27. The molecule has 2 rings (SSSR count). The van der Waals surface area contributed by atoms with E-state index < -0.39 is 32.3 Å². The van der Waals surface area contributed by atoms with E-state index in [2.05, 4.69) is 103 Å². The van der Waals surface area contributed by atoms with Crippen LogP contribution in [0.4, 0.5) is 0 Å². The van der Waals surface area contributed by atoms with Crippen LogP contribution in [-0.2, 0) is 0 Å². The Morgan fingerprint density at radius 2 is 1.30 bits per heavy atom. The average Bonchev–Trinajstić information content (AvgIpc) is 3.00. The van der Waals surface area contributed by atoms with Crippen molar-refractivity contribution in [2.45, 2.75) is 83.4 Å². The number of rotatable bonds is 6. The molecule has 0 bridgehead atoms. The third-order valence-electron chi connectivity index (χ3n) is 5.46. The summed E-state index contributed by atoms with van der Waals surface area (Å²) in [6.45, 7) is 30.2. The van der Waals surface area contributed by atoms with E-state index in [1.165, 1.54) is 0 Å². The minimum atomic E-state index is -1.31. The van der Waals surface area contributed by atoms with Crippen molar-refractivity contribution < 1.29 is 0 Å². The molecule has 1 aromatic carbocycles. The molecule has 152 valence electrons. The Kier molecular flexibility index (Phi) is 6.51. The fourth-order valence-corrected chi connectivity index (χ4v) is 16.6. The molecular weight excluding hydrogens is 456 g/mol. The summed E-state index contributed by atoms with van der Waals surface area (Å²) in [4.78, 5) is 0.706. The molecule has 0 saturated heterocycles. The zero-order valence-corrected chi connectivity index (χ0v) is 25.5. The molecule has 5 heteroatoms. The van der Waals surface area contributed by atoms with Crippen LogP contribution >= 0.6 is 0 Å². The van der Waals surface area contributed by atoms with Crippen molar-refractivity contribution in [3.05, 3.63) is 34.7 Å². The van der Waals surface area contributed by atoms with E-state index in [1.54, 1.807) is 20.0 Å². The molecule has 0 aromatic heterocycles. The van der Waals surface area contributed by atoms with Crippen LogP contribution in [0.2, 0.25) is 83.4 Å². The average molecular weight is 497 g/mol. The van der Waals surface area contributed by atoms with Crippen LogP contribution in [0, 0.1) is 0 Å². The van der Waals surface area contributed by atoms with E-state index in [4.69, 9.17) is 0 Å². The molecule has 1 aromatic rings. The molecule has 1 aliphatic carbocycles. The molecule has 1 aliphatic rings. The molecule has 0 N–H and O–H groups in total. The van der Waals surface area contributed by atoms with Crippen molar-refractivity contribution in [3.8, 4) is 0 Å². The van der Waals surface area contributed by atoms with Gasteiger partial charge in [0.25, 0.3) is 0 Å². The zero-order chi connectivity index (χ0) is 21.0. The van der Waals surface area contributed by atoms with Gasteiger partial charge < -0.3 is 0 Å². The van der Waals surface area contributed by atoms with Crippen molar-refractivity contribution >= 4 is 62.1 Å². The van der Waals surface area contributed by atoms with Gasteiger partial charge in [-0.05, 0) is 0 Å². The Bertz CT molecular complexity index is 756. The first kappa shape index (κ1) is 23.5. The molecule has 0 saturated carbocycles. The molecule has 0 heterocycles. The predicted molar refractivity (Wildman–Crippen MR) is 140 cm³/mol. The molecule has 0 fully saturated rings. The molecule has 0 spiro atoms. The normalized spacial score (nSPS) is 19.3. The van der Waals surface area contributed by atoms with Crippen molar-refractivity contribution in [3.63, 3.8) is 0 Å². The number of hydrogen-bond donors (Lipinski definition) is 0. The Morgan fingerprint density at radius 3 is 1.70 bits per heavy atom. The monoisotopic (exact) mass is 497 g/mol. The third-order valence-corrected chi connectivity index (χ3v) is 17.2. The Morgan fingerprint density at radius 1 is 0.741 bits per heavy atom. The van der Waals surface area contributed by atoms with E-state index in [9.17, 15) is 0 Å². The van der Waals surface area contributed by atoms with Crippen molar-refractivity contribution in [2.75, 3.05) is 0 Å². The van der Waals surface area contributed by atoms with Gasteiger partial charge in [-0.1, -0.05) is 0 Å². The van der Waals surface area contributed by atoms with Crippen LogP contribution in [-0.4, -0.2) is 47.3 Å². The maximum atomic E-state index is 2.70. The van der Waals surface area contributed by atoms with Gasteiger partial charge in [-0.15, -0.1) is 0 Å². The summed E-state index contributed by atoms with van der Waals surface area (Å²) >= 11 is 0.529. The van der Waals surface area contributed by atoms with Crippen LogP contribution in [0.1, 0.15) is 0 Å². The standard InChI is InChI=1S/C22H41SeSi4/c1-24(2,3)17-13-19(21(15-17)26(7,8)9)23-20-14-18(25(4,5)6)16-22(20)27(10,11)12/h13-16,19H,1-12H3/q-1. The quantitative estimate of drug-likeness (QED) is 0.373. The van der Waals surface area contributed by atoms with Crippen LogP contribution in [0.15, 0.2) is 34.7 Å². The number of hydrogen-bond acceptors (Lipinski definition) is 0. The van der Waals surface area contributed by atoms with Crippen LogP contribution in [0.3, 0.4) is 0 Å². The first-order chi connectivity index (χ1) is 11.9. The molecule has 0 amide bonds. The second kappa shape index (κ2) is 7.48. The Labute approximate surface area is 179 Å². The minimum absolute atomic E-state index is 0.529. The van der Waals surface area contributed by atoms with Crippen molar-refractivity contribution in [1.82, 2.24) is 0 Å². The SMILES string of the molecule is C[Si](C)(C)C1=CC([Se]c2[cH-]c([Si](C)(C)C)cc2[Si](C)(C)C)C([Si](C)(C)C)=C1. The van der Waals surface area contributed by atoms with Crippen LogP contribution in [0.5, 0.6) is 0 Å². The van der Waals surface area contributed by atoms with Gasteiger partial charge in [-0.25, -0.2) is 0 Å². The van der Waals surface area contributed by atoms with Gasteiger partial charge in [0, 0.05) is 0 Å². The van der Waals surface area contributed by atoms with E-state index in [0.717, 1.165) is 0 Å². The summed E-state index contributed by atoms with van der Waals surface area (Å²) < 4.78 is 1.74. The van der Waals surface area contributed by atoms with Gasteiger partial charge in [0.15, 0.2) is 0 Å². The summed E-state index contributed by atoms with van der Waals surface area (Å²) in [5.74, 6) is 0. The van der Waals surface area contributed by atoms with Crippen LogP contribution < -0.4 is 14.8 Å². The van der Waals surface area contributed by atoms with Gasteiger partial charge in [-0.2, -0.15) is 0 Å². The first-order valence-electron chi connectivity index (χ1n) is 10.3. The fraction of sp³-hybridized carbons (Fsp3) is 0.591. The second-order valence-electron chi connectivity index (χ2n) is 12.3. The molecule has 0 aliphatic heterocycles. The Hall–Kier alpha value is 0.217. The van der Waals surface area contributed by atoms with Gasteiger partial charge in [-0.3, -0.25) is 0 Å². The topological polar surface area (TPSA) is 0 Å². The zero-order valence-electron chi connectivity index (χ0n) is 19.8. The van der Waals surface area contributed by atoms with E-state index in [-0.39, 0.29) is 0 Å². The number of allylic oxidation sites excluding steroid dienone is 4. The van der Waals surface area contributed by atoms with Gasteiger partial charge in [0.2, 0.25) is 0 Å². The van der Waals surface area contributed by atoms with Gasteiger partial charge in [0.1, 0.15) is 0 Å². The van der Waals surface area contributed by atoms with Gasteiger partial charge >= 0.3 is 180 Å². The molecule has 27 heavy (non-hydrogen) atoms. The predicted octanol–water partition coefficient (Wildman–Crippen LogP) is 5.24. The molecule has 1 unspecified atom stereocenters. The molecule has 0 nitrogen and oxygen atoms in total. The molecule has 0 radical (unpaired) electrons. The fourth-order valence-electron chi connectivity index (χ4n) is 3.50. The first-order valence-corrected chi connectivity index (χ1v) is 26.2. The molecule has 1 atom stereocenters. The van der Waals surface area contributed by atoms with E-state index in [1.807, 2.05) is 5.20 Å². The summed E-state index contributed by atoms with van der Waals surface area (Å²) in [5, 5.41) is 6.96. The van der Waals surface area contributed by atoms with Crippen molar-refractivity contribution in [1.29, 1.82) is 0 Å². The van der Waals surface area contributed by atoms with E-state index >= 15 is 0 Å². The van der Waals surface area contributed by atoms with Crippen molar-refractivity contribution in [2.24, 2.45) is 0 Å². The summed E-state index contributed by atoms with van der Waals surface area (Å²) in [6.07, 6.45) is 5.36. The second-order valence-corrected chi connectivity index (χ2v) is 35.0. The van der Waals surface area contributed by atoms with Crippen LogP contribution in [0.25, 0.3) is 0 Å². The molecular formula is C22H41SeSi4-. The summed E-state index contributed by atoms with van der Waals surface area (Å²) in [7, 11) is -5.10. The third kappa shape index (κ3) is 5.64. The van der Waals surface area contributed by atoms with E-state index in [0.29, 0.717) is 19.8 Å². The Balaban J connectivity index is 2.50. The van der Waals surface area contributed by atoms with Gasteiger partial charge in [0.05, 0.1) is 0 Å². The summed E-state index contributed by atoms with van der Waals surface area (Å²) in [5.41, 5.74) is 0.